The maximum atomic E-state index is 5.45. The van der Waals surface area contributed by atoms with E-state index in [-0.39, 0.29) is 0 Å². The molecule has 1 N–H and O–H groups in total. The van der Waals surface area contributed by atoms with Gasteiger partial charge in [-0.2, -0.15) is 0 Å². The Morgan fingerprint density at radius 1 is 1.53 bits per heavy atom. The fraction of sp³-hybridized carbons (Fsp3) is 0.455. The maximum absolute atomic E-state index is 5.45. The number of aromatic nitrogens is 2. The van der Waals surface area contributed by atoms with Gasteiger partial charge in [-0.25, -0.2) is 9.97 Å². The summed E-state index contributed by atoms with van der Waals surface area (Å²) < 4.78 is 5.45. The van der Waals surface area contributed by atoms with E-state index in [9.17, 15) is 0 Å². The van der Waals surface area contributed by atoms with Crippen LogP contribution in [-0.4, -0.2) is 29.7 Å². The van der Waals surface area contributed by atoms with Gasteiger partial charge in [0.25, 0.3) is 0 Å². The average molecular weight is 205 g/mol. The minimum absolute atomic E-state index is 0.301. The summed E-state index contributed by atoms with van der Waals surface area (Å²) in [6.07, 6.45) is 8.88. The molecule has 0 amide bonds. The molecule has 0 radical (unpaired) electrons. The number of hydrogen-bond acceptors (Lipinski definition) is 4. The van der Waals surface area contributed by atoms with E-state index < -0.39 is 0 Å². The minimum Gasteiger partial charge on any atom is -0.489 e. The van der Waals surface area contributed by atoms with Crippen molar-refractivity contribution >= 4 is 0 Å². The summed E-state index contributed by atoms with van der Waals surface area (Å²) in [6.45, 7) is 2.63. The first-order chi connectivity index (χ1) is 7.26. The summed E-state index contributed by atoms with van der Waals surface area (Å²) in [5.74, 6) is 3.80. The highest BCUT2D eigenvalue weighted by atomic mass is 16.5. The quantitative estimate of drug-likeness (QED) is 0.717. The molecule has 0 aromatic carbocycles. The smallest absolute Gasteiger partial charge is 0.155 e. The monoisotopic (exact) mass is 205 g/mol. The van der Waals surface area contributed by atoms with Crippen molar-refractivity contribution in [3.63, 3.8) is 0 Å². The molecule has 1 heterocycles. The molecule has 0 saturated carbocycles. The second-order valence-corrected chi connectivity index (χ2v) is 3.22. The standard InChI is InChI=1S/C11H15N3O/c1-4-5-11-13-6-10(7-14-11)15-8-9(2)12-3/h1,6-7,9,12H,5,8H2,2-3H3. The molecule has 0 saturated heterocycles. The summed E-state index contributed by atoms with van der Waals surface area (Å²) in [4.78, 5) is 8.15. The molecule has 0 fully saturated rings. The van der Waals surface area contributed by atoms with E-state index in [4.69, 9.17) is 11.2 Å². The van der Waals surface area contributed by atoms with Gasteiger partial charge in [-0.1, -0.05) is 5.92 Å². The van der Waals surface area contributed by atoms with Crippen molar-refractivity contribution in [2.24, 2.45) is 0 Å². The molecule has 4 heteroatoms. The minimum atomic E-state index is 0.301. The third-order valence-electron chi connectivity index (χ3n) is 1.93. The van der Waals surface area contributed by atoms with E-state index in [1.165, 1.54) is 0 Å². The molecule has 1 atom stereocenters. The van der Waals surface area contributed by atoms with Gasteiger partial charge in [0.05, 0.1) is 18.8 Å². The van der Waals surface area contributed by atoms with Gasteiger partial charge in [-0.3, -0.25) is 0 Å². The van der Waals surface area contributed by atoms with Crippen LogP contribution in [0.25, 0.3) is 0 Å². The largest absolute Gasteiger partial charge is 0.489 e. The Hall–Kier alpha value is -1.60. The van der Waals surface area contributed by atoms with Gasteiger partial charge in [-0.05, 0) is 14.0 Å². The maximum Gasteiger partial charge on any atom is 0.155 e. The highest BCUT2D eigenvalue weighted by molar-refractivity contribution is 5.14. The average Bonchev–Trinajstić information content (AvgIpc) is 2.28. The lowest BCUT2D eigenvalue weighted by Gasteiger charge is -2.11. The van der Waals surface area contributed by atoms with Crippen LogP contribution in [0.3, 0.4) is 0 Å². The van der Waals surface area contributed by atoms with Crippen LogP contribution in [0, 0.1) is 12.3 Å². The second kappa shape index (κ2) is 5.99. The molecule has 1 rings (SSSR count). The van der Waals surface area contributed by atoms with Gasteiger partial charge in [0.15, 0.2) is 5.75 Å². The zero-order chi connectivity index (χ0) is 11.1. The Morgan fingerprint density at radius 3 is 2.73 bits per heavy atom. The molecule has 80 valence electrons. The first-order valence-corrected chi connectivity index (χ1v) is 4.80. The fourth-order valence-electron chi connectivity index (χ4n) is 0.905. The van der Waals surface area contributed by atoms with Gasteiger partial charge in [0.2, 0.25) is 0 Å². The van der Waals surface area contributed by atoms with Crippen molar-refractivity contribution in [1.82, 2.24) is 15.3 Å². The second-order valence-electron chi connectivity index (χ2n) is 3.22. The van der Waals surface area contributed by atoms with Crippen LogP contribution < -0.4 is 10.1 Å². The number of nitrogens with zero attached hydrogens (tertiary/aromatic N) is 2. The molecule has 1 aromatic heterocycles. The zero-order valence-corrected chi connectivity index (χ0v) is 9.03. The topological polar surface area (TPSA) is 47.0 Å². The third-order valence-corrected chi connectivity index (χ3v) is 1.93. The number of likely N-dealkylation sites (N-methyl/N-ethyl adjacent to an activating group) is 1. The Morgan fingerprint density at radius 2 is 2.20 bits per heavy atom. The van der Waals surface area contributed by atoms with Crippen LogP contribution >= 0.6 is 0 Å². The first kappa shape index (κ1) is 11.5. The molecule has 1 aromatic rings. The zero-order valence-electron chi connectivity index (χ0n) is 9.03. The fourth-order valence-corrected chi connectivity index (χ4v) is 0.905. The molecular formula is C11H15N3O. The van der Waals surface area contributed by atoms with E-state index in [0.29, 0.717) is 30.6 Å². The third kappa shape index (κ3) is 3.96. The van der Waals surface area contributed by atoms with Gasteiger partial charge < -0.3 is 10.1 Å². The Labute approximate surface area is 90.1 Å². The van der Waals surface area contributed by atoms with Crippen LogP contribution in [0.15, 0.2) is 12.4 Å². The predicted molar refractivity (Wildman–Crippen MR) is 58.6 cm³/mol. The van der Waals surface area contributed by atoms with E-state index >= 15 is 0 Å². The molecule has 0 spiro atoms. The normalized spacial score (nSPS) is 11.8. The van der Waals surface area contributed by atoms with Gasteiger partial charge in [0, 0.05) is 6.04 Å². The molecule has 0 bridgehead atoms. The Kier molecular flexibility index (Phi) is 4.58. The van der Waals surface area contributed by atoms with Crippen molar-refractivity contribution in [2.75, 3.05) is 13.7 Å². The van der Waals surface area contributed by atoms with Crippen molar-refractivity contribution in [3.05, 3.63) is 18.2 Å². The molecule has 15 heavy (non-hydrogen) atoms. The van der Waals surface area contributed by atoms with Crippen LogP contribution in [0.5, 0.6) is 5.75 Å². The van der Waals surface area contributed by atoms with Crippen molar-refractivity contribution in [1.29, 1.82) is 0 Å². The summed E-state index contributed by atoms with van der Waals surface area (Å²) in [5, 5.41) is 3.07. The SMILES string of the molecule is C#CCc1ncc(OCC(C)NC)cn1. The molecular weight excluding hydrogens is 190 g/mol. The number of rotatable bonds is 5. The first-order valence-electron chi connectivity index (χ1n) is 4.80. The van der Waals surface area contributed by atoms with Crippen LogP contribution in [0.4, 0.5) is 0 Å². The predicted octanol–water partition coefficient (Wildman–Crippen LogP) is 0.639. The highest BCUT2D eigenvalue weighted by Crippen LogP contribution is 2.06. The number of terminal acetylenes is 1. The number of nitrogens with one attached hydrogen (secondary N) is 1. The Balaban J connectivity index is 2.46. The summed E-state index contributed by atoms with van der Waals surface area (Å²) in [5.41, 5.74) is 0. The summed E-state index contributed by atoms with van der Waals surface area (Å²) in [7, 11) is 1.89. The van der Waals surface area contributed by atoms with Gasteiger partial charge in [-0.15, -0.1) is 6.42 Å². The van der Waals surface area contributed by atoms with E-state index in [0.717, 1.165) is 0 Å². The number of ether oxygens (including phenoxy) is 1. The molecule has 0 aliphatic rings. The molecule has 0 aliphatic carbocycles. The molecule has 0 aliphatic heterocycles. The summed E-state index contributed by atoms with van der Waals surface area (Å²) >= 11 is 0. The molecule has 1 unspecified atom stereocenters. The lowest BCUT2D eigenvalue weighted by atomic mass is 10.4. The lowest BCUT2D eigenvalue weighted by molar-refractivity contribution is 0.277. The van der Waals surface area contributed by atoms with E-state index in [1.807, 2.05) is 14.0 Å². The van der Waals surface area contributed by atoms with Crippen LogP contribution in [-0.2, 0) is 6.42 Å². The van der Waals surface area contributed by atoms with Crippen molar-refractivity contribution < 1.29 is 4.74 Å². The van der Waals surface area contributed by atoms with E-state index in [1.54, 1.807) is 12.4 Å². The van der Waals surface area contributed by atoms with Crippen molar-refractivity contribution in [2.45, 2.75) is 19.4 Å². The lowest BCUT2D eigenvalue weighted by Crippen LogP contribution is -2.28. The summed E-state index contributed by atoms with van der Waals surface area (Å²) in [6, 6.07) is 0.301. The number of hydrogen-bond donors (Lipinski definition) is 1. The Bertz CT molecular complexity index is 329. The highest BCUT2D eigenvalue weighted by Gasteiger charge is 2.00. The van der Waals surface area contributed by atoms with Crippen LogP contribution in [0.1, 0.15) is 12.7 Å². The van der Waals surface area contributed by atoms with Gasteiger partial charge >= 0.3 is 0 Å². The van der Waals surface area contributed by atoms with Crippen molar-refractivity contribution in [3.8, 4) is 18.1 Å². The molecule has 4 nitrogen and oxygen atoms in total. The van der Waals surface area contributed by atoms with E-state index in [2.05, 4.69) is 21.2 Å². The van der Waals surface area contributed by atoms with Crippen LogP contribution in [0.2, 0.25) is 0 Å². The van der Waals surface area contributed by atoms with Gasteiger partial charge in [0.1, 0.15) is 12.4 Å².